The van der Waals surface area contributed by atoms with Gasteiger partial charge in [-0.3, -0.25) is 4.79 Å². The minimum Gasteiger partial charge on any atom is -0.352 e. The molecule has 2 aromatic rings. The number of aromatic nitrogens is 3. The number of hydrogen-bond acceptors (Lipinski definition) is 3. The van der Waals surface area contributed by atoms with Gasteiger partial charge >= 0.3 is 0 Å². The molecule has 2 rings (SSSR count). The molecule has 19 heavy (non-hydrogen) atoms. The molecule has 0 bridgehead atoms. The van der Waals surface area contributed by atoms with Gasteiger partial charge in [-0.1, -0.05) is 6.07 Å². The Morgan fingerprint density at radius 3 is 3.00 bits per heavy atom. The summed E-state index contributed by atoms with van der Waals surface area (Å²) in [5, 5.41) is 10.4. The molecule has 7 heteroatoms. The van der Waals surface area contributed by atoms with Crippen molar-refractivity contribution in [2.45, 2.75) is 6.42 Å². The van der Waals surface area contributed by atoms with Crippen LogP contribution in [0.1, 0.15) is 16.2 Å². The fraction of sp³-hybridized carbons (Fsp3) is 0.250. The molecule has 0 atom stereocenters. The van der Waals surface area contributed by atoms with Gasteiger partial charge in [0.2, 0.25) is 0 Å². The van der Waals surface area contributed by atoms with E-state index in [9.17, 15) is 9.18 Å². The van der Waals surface area contributed by atoms with Crippen LogP contribution >= 0.6 is 15.9 Å². The van der Waals surface area contributed by atoms with Crippen LogP contribution < -0.4 is 5.32 Å². The Bertz CT molecular complexity index is 599. The van der Waals surface area contributed by atoms with Crippen LogP contribution in [-0.2, 0) is 13.5 Å². The second-order valence-corrected chi connectivity index (χ2v) is 4.76. The lowest BCUT2D eigenvalue weighted by molar-refractivity contribution is 0.0952. The molecule has 1 N–H and O–H groups in total. The summed E-state index contributed by atoms with van der Waals surface area (Å²) in [6.07, 6.45) is 2.16. The number of halogens is 2. The van der Waals surface area contributed by atoms with Crippen molar-refractivity contribution in [3.05, 3.63) is 46.2 Å². The van der Waals surface area contributed by atoms with Crippen molar-refractivity contribution in [3.63, 3.8) is 0 Å². The standard InChI is InChI=1S/C12H12BrFN4O/c1-18-7-16-17-10(18)5-6-15-12(19)8-3-2-4-9(14)11(8)13/h2-4,7H,5-6H2,1H3,(H,15,19). The molecule has 0 radical (unpaired) electrons. The first-order chi connectivity index (χ1) is 9.09. The molecule has 0 aliphatic carbocycles. The summed E-state index contributed by atoms with van der Waals surface area (Å²) in [5.41, 5.74) is 0.276. The van der Waals surface area contributed by atoms with Gasteiger partial charge in [0, 0.05) is 20.0 Å². The maximum Gasteiger partial charge on any atom is 0.252 e. The molecule has 0 unspecified atom stereocenters. The molecule has 0 spiro atoms. The zero-order valence-electron chi connectivity index (χ0n) is 10.2. The lowest BCUT2D eigenvalue weighted by atomic mass is 10.2. The Labute approximate surface area is 118 Å². The van der Waals surface area contributed by atoms with Gasteiger partial charge in [0.15, 0.2) is 0 Å². The summed E-state index contributed by atoms with van der Waals surface area (Å²) in [5.74, 6) is -0.00639. The minimum atomic E-state index is -0.457. The van der Waals surface area contributed by atoms with Crippen molar-refractivity contribution < 1.29 is 9.18 Å². The van der Waals surface area contributed by atoms with E-state index in [1.54, 1.807) is 17.0 Å². The van der Waals surface area contributed by atoms with Crippen LogP contribution in [0.3, 0.4) is 0 Å². The highest BCUT2D eigenvalue weighted by molar-refractivity contribution is 9.10. The maximum atomic E-state index is 13.3. The second kappa shape index (κ2) is 5.92. The fourth-order valence-electron chi connectivity index (χ4n) is 1.60. The van der Waals surface area contributed by atoms with E-state index in [1.807, 2.05) is 7.05 Å². The molecule has 1 aromatic heterocycles. The average Bonchev–Trinajstić information content (AvgIpc) is 2.78. The first kappa shape index (κ1) is 13.7. The summed E-state index contributed by atoms with van der Waals surface area (Å²) < 4.78 is 15.2. The fourth-order valence-corrected chi connectivity index (χ4v) is 2.04. The van der Waals surface area contributed by atoms with Gasteiger partial charge in [-0.2, -0.15) is 0 Å². The van der Waals surface area contributed by atoms with Gasteiger partial charge < -0.3 is 9.88 Å². The SMILES string of the molecule is Cn1cnnc1CCNC(=O)c1cccc(F)c1Br. The molecule has 1 amide bonds. The van der Waals surface area contributed by atoms with Gasteiger partial charge in [0.25, 0.3) is 5.91 Å². The van der Waals surface area contributed by atoms with Crippen LogP contribution in [0.2, 0.25) is 0 Å². The van der Waals surface area contributed by atoms with Crippen LogP contribution in [0.25, 0.3) is 0 Å². The molecule has 0 saturated carbocycles. The summed E-state index contributed by atoms with van der Waals surface area (Å²) >= 11 is 3.06. The summed E-state index contributed by atoms with van der Waals surface area (Å²) in [6, 6.07) is 4.35. The topological polar surface area (TPSA) is 59.8 Å². The third-order valence-electron chi connectivity index (χ3n) is 2.64. The molecular formula is C12H12BrFN4O. The van der Waals surface area contributed by atoms with Crippen LogP contribution in [0, 0.1) is 5.82 Å². The number of carbonyl (C=O) groups is 1. The number of nitrogens with zero attached hydrogens (tertiary/aromatic N) is 3. The Balaban J connectivity index is 1.95. The van der Waals surface area contributed by atoms with E-state index >= 15 is 0 Å². The van der Waals surface area contributed by atoms with Gasteiger partial charge in [-0.05, 0) is 28.1 Å². The van der Waals surface area contributed by atoms with E-state index in [-0.39, 0.29) is 15.9 Å². The van der Waals surface area contributed by atoms with E-state index in [0.29, 0.717) is 13.0 Å². The quantitative estimate of drug-likeness (QED) is 0.930. The van der Waals surface area contributed by atoms with Crippen molar-refractivity contribution in [2.24, 2.45) is 7.05 Å². The lowest BCUT2D eigenvalue weighted by Gasteiger charge is -2.07. The molecule has 100 valence electrons. The highest BCUT2D eigenvalue weighted by atomic mass is 79.9. The molecule has 0 aliphatic heterocycles. The Hall–Kier alpha value is -1.76. The van der Waals surface area contributed by atoms with E-state index < -0.39 is 5.82 Å². The van der Waals surface area contributed by atoms with E-state index in [1.165, 1.54) is 12.1 Å². The maximum absolute atomic E-state index is 13.3. The monoisotopic (exact) mass is 326 g/mol. The molecule has 0 saturated heterocycles. The van der Waals surface area contributed by atoms with E-state index in [0.717, 1.165) is 5.82 Å². The third kappa shape index (κ3) is 3.17. The Morgan fingerprint density at radius 2 is 2.32 bits per heavy atom. The van der Waals surface area contributed by atoms with Gasteiger partial charge in [-0.25, -0.2) is 4.39 Å². The zero-order chi connectivity index (χ0) is 13.8. The summed E-state index contributed by atoms with van der Waals surface area (Å²) in [6.45, 7) is 0.411. The Kier molecular flexibility index (Phi) is 4.26. The van der Waals surface area contributed by atoms with Crippen LogP contribution in [-0.4, -0.2) is 27.2 Å². The lowest BCUT2D eigenvalue weighted by Crippen LogP contribution is -2.26. The van der Waals surface area contributed by atoms with Crippen molar-refractivity contribution >= 4 is 21.8 Å². The summed E-state index contributed by atoms with van der Waals surface area (Å²) in [4.78, 5) is 11.9. The molecule has 0 fully saturated rings. The highest BCUT2D eigenvalue weighted by Crippen LogP contribution is 2.20. The average molecular weight is 327 g/mol. The predicted octanol–water partition coefficient (Wildman–Crippen LogP) is 1.69. The van der Waals surface area contributed by atoms with E-state index in [4.69, 9.17) is 0 Å². The van der Waals surface area contributed by atoms with Gasteiger partial charge in [0.05, 0.1) is 10.0 Å². The second-order valence-electron chi connectivity index (χ2n) is 3.97. The number of aryl methyl sites for hydroxylation is 1. The largest absolute Gasteiger partial charge is 0.352 e. The smallest absolute Gasteiger partial charge is 0.252 e. The minimum absolute atomic E-state index is 0.172. The van der Waals surface area contributed by atoms with Crippen LogP contribution in [0.4, 0.5) is 4.39 Å². The van der Waals surface area contributed by atoms with Crippen molar-refractivity contribution in [1.29, 1.82) is 0 Å². The molecule has 5 nitrogen and oxygen atoms in total. The molecular weight excluding hydrogens is 315 g/mol. The van der Waals surface area contributed by atoms with Crippen LogP contribution in [0.5, 0.6) is 0 Å². The first-order valence-corrected chi connectivity index (χ1v) is 6.44. The number of hydrogen-bond donors (Lipinski definition) is 1. The van der Waals surface area contributed by atoms with Crippen molar-refractivity contribution in [1.82, 2.24) is 20.1 Å². The third-order valence-corrected chi connectivity index (χ3v) is 3.44. The van der Waals surface area contributed by atoms with Crippen molar-refractivity contribution in [2.75, 3.05) is 6.54 Å². The van der Waals surface area contributed by atoms with E-state index in [2.05, 4.69) is 31.4 Å². The summed E-state index contributed by atoms with van der Waals surface area (Å²) in [7, 11) is 1.83. The number of nitrogens with one attached hydrogen (secondary N) is 1. The number of carbonyl (C=O) groups excluding carboxylic acids is 1. The number of amides is 1. The van der Waals surface area contributed by atoms with Crippen LogP contribution in [0.15, 0.2) is 29.0 Å². The Morgan fingerprint density at radius 1 is 1.53 bits per heavy atom. The predicted molar refractivity (Wildman–Crippen MR) is 71.1 cm³/mol. The first-order valence-electron chi connectivity index (χ1n) is 5.64. The van der Waals surface area contributed by atoms with Crippen molar-refractivity contribution in [3.8, 4) is 0 Å². The highest BCUT2D eigenvalue weighted by Gasteiger charge is 2.12. The van der Waals surface area contributed by atoms with Gasteiger partial charge in [-0.15, -0.1) is 10.2 Å². The molecule has 1 aromatic carbocycles. The molecule has 1 heterocycles. The zero-order valence-corrected chi connectivity index (χ0v) is 11.8. The number of benzene rings is 1. The normalized spacial score (nSPS) is 10.5. The van der Waals surface area contributed by atoms with Gasteiger partial charge in [0.1, 0.15) is 18.0 Å². The number of rotatable bonds is 4. The molecule has 0 aliphatic rings.